The molecule has 9 aromatic rings. The summed E-state index contributed by atoms with van der Waals surface area (Å²) in [5.41, 5.74) is 14.9. The molecule has 120 heavy (non-hydrogen) atoms. The maximum atomic E-state index is 6.80. The first-order chi connectivity index (χ1) is 59.3. The van der Waals surface area contributed by atoms with Crippen LogP contribution in [0.5, 0.6) is 11.5 Å². The van der Waals surface area contributed by atoms with E-state index in [2.05, 4.69) is 236 Å². The molecule has 2 nitrogen and oxygen atoms in total. The fraction of sp³-hybridized carbons (Fsp3) is 0.526. The Bertz CT molecular complexity index is 3960. The Morgan fingerprint density at radius 3 is 0.725 bits per heavy atom. The summed E-state index contributed by atoms with van der Waals surface area (Å²) in [6.07, 6.45) is 87.1. The minimum Gasteiger partial charge on any atom is -0.493 e. The van der Waals surface area contributed by atoms with Gasteiger partial charge in [0.25, 0.3) is 0 Å². The zero-order chi connectivity index (χ0) is 83.8. The van der Waals surface area contributed by atoms with Gasteiger partial charge in [0.15, 0.2) is 0 Å². The molecule has 0 aliphatic rings. The molecule has 0 spiro atoms. The number of unbranched alkanes of at least 4 members (excludes halogenated alkanes) is 42. The highest BCUT2D eigenvalue weighted by atomic mass is 32.1. The molecule has 0 aliphatic carbocycles. The van der Waals surface area contributed by atoms with Crippen molar-refractivity contribution < 1.29 is 9.47 Å². The zero-order valence-corrected chi connectivity index (χ0v) is 79.4. The van der Waals surface area contributed by atoms with Crippen LogP contribution in [-0.2, 0) is 25.7 Å². The van der Waals surface area contributed by atoms with Gasteiger partial charge in [0.05, 0.1) is 13.2 Å². The average Bonchev–Trinajstić information content (AvgIpc) is 1.65. The highest BCUT2D eigenvalue weighted by Gasteiger charge is 2.19. The fourth-order valence-electron chi connectivity index (χ4n) is 16.6. The van der Waals surface area contributed by atoms with Crippen LogP contribution < -0.4 is 9.47 Å². The van der Waals surface area contributed by atoms with Gasteiger partial charge < -0.3 is 9.47 Å². The smallest absolute Gasteiger partial charge is 0.127 e. The summed E-state index contributed by atoms with van der Waals surface area (Å²) in [6, 6.07) is 55.6. The SMILES string of the molecule is CCCCCCCCCCCCCCCCc1ccc(-c2sc(-c3ccc(/C=C/c4ccc(/C=C/c5cc(OCCCCCCCC)c(/C=C/c6ccc(/C=C/c7ccc(-c8cc(CCCCCC)c(-c9ccc(CCCCCCCCCCCCCCCC)s9)s8)cc7)cc6)cc5OCCCCCCCC)cc4)cc3)cc2CCCCCC)s1. The van der Waals surface area contributed by atoms with Crippen LogP contribution in [0.3, 0.4) is 0 Å². The summed E-state index contributed by atoms with van der Waals surface area (Å²) >= 11 is 8.10. The van der Waals surface area contributed by atoms with Crippen LogP contribution in [-0.4, -0.2) is 13.2 Å². The topological polar surface area (TPSA) is 18.5 Å². The van der Waals surface area contributed by atoms with Crippen molar-refractivity contribution >= 4 is 94.0 Å². The van der Waals surface area contributed by atoms with Gasteiger partial charge in [-0.15, -0.1) is 45.3 Å². The van der Waals surface area contributed by atoms with E-state index in [1.165, 1.54) is 382 Å². The minimum atomic E-state index is 0.688. The number of aryl methyl sites for hydroxylation is 4. The fourth-order valence-corrected chi connectivity index (χ4v) is 21.4. The Labute approximate surface area is 749 Å². The second kappa shape index (κ2) is 60.9. The van der Waals surface area contributed by atoms with E-state index in [0.717, 1.165) is 59.4 Å². The van der Waals surface area contributed by atoms with Crippen molar-refractivity contribution in [3.05, 3.63) is 211 Å². The molecule has 0 fully saturated rings. The van der Waals surface area contributed by atoms with Crippen LogP contribution in [0.2, 0.25) is 0 Å². The van der Waals surface area contributed by atoms with Gasteiger partial charge in [-0.2, -0.15) is 0 Å². The van der Waals surface area contributed by atoms with Gasteiger partial charge in [0.2, 0.25) is 0 Å². The highest BCUT2D eigenvalue weighted by Crippen LogP contribution is 2.45. The second-order valence-electron chi connectivity index (χ2n) is 34.8. The van der Waals surface area contributed by atoms with Gasteiger partial charge in [-0.05, 0) is 168 Å². The highest BCUT2D eigenvalue weighted by molar-refractivity contribution is 7.24. The third kappa shape index (κ3) is 37.9. The molecule has 4 aromatic heterocycles. The molecule has 0 bridgehead atoms. The van der Waals surface area contributed by atoms with Gasteiger partial charge in [0.1, 0.15) is 11.5 Å². The van der Waals surface area contributed by atoms with Crippen LogP contribution in [0.1, 0.15) is 415 Å². The number of rotatable bonds is 68. The zero-order valence-electron chi connectivity index (χ0n) is 76.1. The molecule has 0 atom stereocenters. The minimum absolute atomic E-state index is 0.688. The van der Waals surface area contributed by atoms with E-state index in [1.54, 1.807) is 9.75 Å². The molecule has 0 aliphatic heterocycles. The van der Waals surface area contributed by atoms with E-state index < -0.39 is 0 Å². The Hall–Kier alpha value is -6.54. The van der Waals surface area contributed by atoms with Crippen LogP contribution >= 0.6 is 45.3 Å². The second-order valence-corrected chi connectivity index (χ2v) is 39.3. The van der Waals surface area contributed by atoms with E-state index in [0.29, 0.717) is 13.2 Å². The van der Waals surface area contributed by atoms with Crippen molar-refractivity contribution in [3.63, 3.8) is 0 Å². The lowest BCUT2D eigenvalue weighted by Crippen LogP contribution is -2.03. The molecule has 0 unspecified atom stereocenters. The van der Waals surface area contributed by atoms with Crippen LogP contribution in [0, 0.1) is 0 Å². The quantitative estimate of drug-likeness (QED) is 0.0279. The molecule has 5 aromatic carbocycles. The summed E-state index contributed by atoms with van der Waals surface area (Å²) in [7, 11) is 0. The predicted molar refractivity (Wildman–Crippen MR) is 543 cm³/mol. The third-order valence-corrected chi connectivity index (χ3v) is 29.4. The van der Waals surface area contributed by atoms with Crippen molar-refractivity contribution in [3.8, 4) is 51.9 Å². The van der Waals surface area contributed by atoms with Gasteiger partial charge in [-0.1, -0.05) is 457 Å². The maximum Gasteiger partial charge on any atom is 0.127 e. The Morgan fingerprint density at radius 1 is 0.208 bits per heavy atom. The van der Waals surface area contributed by atoms with E-state index in [1.807, 2.05) is 45.3 Å². The van der Waals surface area contributed by atoms with Crippen molar-refractivity contribution in [2.45, 2.75) is 375 Å². The number of ether oxygens (including phenoxy) is 2. The van der Waals surface area contributed by atoms with Gasteiger partial charge in [-0.25, -0.2) is 0 Å². The number of benzene rings is 5. The van der Waals surface area contributed by atoms with Crippen LogP contribution in [0.15, 0.2) is 146 Å². The molecule has 0 N–H and O–H groups in total. The number of thiophene rings is 4. The monoisotopic (exact) mass is 1690 g/mol. The Kier molecular flexibility index (Phi) is 49.4. The van der Waals surface area contributed by atoms with E-state index in [9.17, 15) is 0 Å². The predicted octanol–water partition coefficient (Wildman–Crippen LogP) is 39.1. The van der Waals surface area contributed by atoms with Crippen molar-refractivity contribution in [1.82, 2.24) is 0 Å². The van der Waals surface area contributed by atoms with Crippen LogP contribution in [0.25, 0.3) is 89.0 Å². The largest absolute Gasteiger partial charge is 0.493 e. The van der Waals surface area contributed by atoms with Gasteiger partial charge in [0, 0.05) is 50.1 Å². The molecule has 4 heterocycles. The summed E-state index contributed by atoms with van der Waals surface area (Å²) in [5, 5.41) is 0. The maximum absolute atomic E-state index is 6.80. The van der Waals surface area contributed by atoms with Gasteiger partial charge in [-0.3, -0.25) is 0 Å². The lowest BCUT2D eigenvalue weighted by molar-refractivity contribution is 0.295. The Morgan fingerprint density at radius 2 is 0.442 bits per heavy atom. The normalized spacial score (nSPS) is 11.9. The molecule has 6 heteroatoms. The lowest BCUT2D eigenvalue weighted by atomic mass is 10.0. The number of hydrogen-bond donors (Lipinski definition) is 0. The molecule has 0 saturated carbocycles. The average molecular weight is 1690 g/mol. The van der Waals surface area contributed by atoms with E-state index in [4.69, 9.17) is 9.47 Å². The molecule has 9 rings (SSSR count). The first-order valence-corrected chi connectivity index (χ1v) is 52.6. The molecule has 650 valence electrons. The summed E-state index contributed by atoms with van der Waals surface area (Å²) < 4.78 is 13.6. The molecular weight excluding hydrogens is 1530 g/mol. The standard InChI is InChI=1S/C114H158O2S4/c1-7-13-19-25-29-31-33-35-37-39-41-43-45-51-57-105-83-85-109(117-105)113-103(55-49-23-17-11-5)91-111(119-113)99-77-71-97(72-78-99)69-63-93-59-65-95(66-60-93)75-81-101-89-108(116-88-54-48-28-22-16-10-4)102(90-107(101)115-87-53-47-27-21-15-9-3)82-76-96-67-61-94(62-68-96)64-70-98-73-79-100(80-74-98)112-92-104(56-50-24-18-12-6)114(120-112)110-86-84-106(118-110)58-52-46-44-42-40-38-36-34-32-30-26-20-14-8-2/h59-86,89-92H,7-58,87-88H2,1-6H3/b69-63+,70-64+,81-75+,82-76+. The Balaban J connectivity index is 0.808. The molecule has 0 radical (unpaired) electrons. The first kappa shape index (κ1) is 97.3. The molecule has 0 amide bonds. The number of hydrogen-bond acceptors (Lipinski definition) is 6. The first-order valence-electron chi connectivity index (χ1n) is 49.3. The molecular formula is C114H158O2S4. The summed E-state index contributed by atoms with van der Waals surface area (Å²) in [4.78, 5) is 11.8. The van der Waals surface area contributed by atoms with Crippen molar-refractivity contribution in [1.29, 1.82) is 0 Å². The lowest BCUT2D eigenvalue weighted by Gasteiger charge is -2.15. The summed E-state index contributed by atoms with van der Waals surface area (Å²) in [6.45, 7) is 15.2. The van der Waals surface area contributed by atoms with E-state index >= 15 is 0 Å². The van der Waals surface area contributed by atoms with E-state index in [-0.39, 0.29) is 0 Å². The summed E-state index contributed by atoms with van der Waals surface area (Å²) in [5.74, 6) is 1.80. The molecule has 0 saturated heterocycles. The van der Waals surface area contributed by atoms with Gasteiger partial charge >= 0.3 is 0 Å². The van der Waals surface area contributed by atoms with Crippen molar-refractivity contribution in [2.75, 3.05) is 13.2 Å². The van der Waals surface area contributed by atoms with Crippen LogP contribution in [0.4, 0.5) is 0 Å². The van der Waals surface area contributed by atoms with Crippen molar-refractivity contribution in [2.24, 2.45) is 0 Å². The third-order valence-electron chi connectivity index (χ3n) is 24.3.